The van der Waals surface area contributed by atoms with Gasteiger partial charge in [0.2, 0.25) is 0 Å². The van der Waals surface area contributed by atoms with Crippen molar-refractivity contribution >= 4 is 11.9 Å². The molecule has 0 aromatic rings. The normalized spacial score (nSPS) is 21.1. The molecule has 4 nitrogen and oxygen atoms in total. The van der Waals surface area contributed by atoms with Gasteiger partial charge in [-0.2, -0.15) is 0 Å². The number of amides is 1. The summed E-state index contributed by atoms with van der Waals surface area (Å²) < 4.78 is 4.61. The molecular weight excluding hydrogens is 182 g/mol. The molecular formula is C10H13NO3. The second kappa shape index (κ2) is 4.66. The Kier molecular flexibility index (Phi) is 3.52. The minimum atomic E-state index is -0.489. The summed E-state index contributed by atoms with van der Waals surface area (Å²) in [6.45, 7) is 0.544. The molecule has 0 radical (unpaired) electrons. The molecule has 1 saturated heterocycles. The number of carbonyl (C=O) groups is 2. The molecule has 0 N–H and O–H groups in total. The van der Waals surface area contributed by atoms with E-state index in [1.165, 1.54) is 12.0 Å². The van der Waals surface area contributed by atoms with E-state index in [9.17, 15) is 9.59 Å². The van der Waals surface area contributed by atoms with Crippen molar-refractivity contribution in [1.82, 2.24) is 4.90 Å². The SMILES string of the molecule is C#CC(=O)N1CCCCC1C(=O)OC. The lowest BCUT2D eigenvalue weighted by molar-refractivity contribution is -0.152. The zero-order valence-electron chi connectivity index (χ0n) is 8.16. The molecule has 1 rings (SSSR count). The lowest BCUT2D eigenvalue weighted by atomic mass is 10.0. The van der Waals surface area contributed by atoms with Crippen LogP contribution in [0.3, 0.4) is 0 Å². The van der Waals surface area contributed by atoms with Crippen molar-refractivity contribution in [3.8, 4) is 12.3 Å². The van der Waals surface area contributed by atoms with Crippen LogP contribution in [0.4, 0.5) is 0 Å². The van der Waals surface area contributed by atoms with E-state index in [1.807, 2.05) is 5.92 Å². The second-order valence-corrected chi connectivity index (χ2v) is 3.18. The molecule has 1 aliphatic rings. The Labute approximate surface area is 83.2 Å². The number of carbonyl (C=O) groups excluding carboxylic acids is 2. The van der Waals surface area contributed by atoms with Gasteiger partial charge in [-0.15, -0.1) is 6.42 Å². The average Bonchev–Trinajstić information content (AvgIpc) is 2.27. The lowest BCUT2D eigenvalue weighted by Crippen LogP contribution is -2.48. The highest BCUT2D eigenvalue weighted by atomic mass is 16.5. The third kappa shape index (κ3) is 2.05. The third-order valence-electron chi connectivity index (χ3n) is 2.36. The largest absolute Gasteiger partial charge is 0.467 e. The molecule has 0 bridgehead atoms. The molecule has 14 heavy (non-hydrogen) atoms. The quantitative estimate of drug-likeness (QED) is 0.442. The number of hydrogen-bond donors (Lipinski definition) is 0. The molecule has 0 aromatic heterocycles. The Morgan fingerprint density at radius 1 is 1.50 bits per heavy atom. The fraction of sp³-hybridized carbons (Fsp3) is 0.600. The van der Waals surface area contributed by atoms with Crippen LogP contribution in [0.15, 0.2) is 0 Å². The number of nitrogens with zero attached hydrogens (tertiary/aromatic N) is 1. The molecule has 0 aromatic carbocycles. The predicted octanol–water partition coefficient (Wildman–Crippen LogP) is 0.174. The van der Waals surface area contributed by atoms with Gasteiger partial charge in [0.05, 0.1) is 7.11 Å². The van der Waals surface area contributed by atoms with Crippen LogP contribution in [-0.2, 0) is 14.3 Å². The summed E-state index contributed by atoms with van der Waals surface area (Å²) in [5.41, 5.74) is 0. The monoisotopic (exact) mass is 195 g/mol. The van der Waals surface area contributed by atoms with Gasteiger partial charge < -0.3 is 9.64 Å². The molecule has 1 unspecified atom stereocenters. The van der Waals surface area contributed by atoms with Crippen molar-refractivity contribution in [2.24, 2.45) is 0 Å². The van der Waals surface area contributed by atoms with Crippen LogP contribution < -0.4 is 0 Å². The van der Waals surface area contributed by atoms with E-state index >= 15 is 0 Å². The Morgan fingerprint density at radius 2 is 2.21 bits per heavy atom. The van der Waals surface area contributed by atoms with Crippen molar-refractivity contribution in [1.29, 1.82) is 0 Å². The molecule has 4 heteroatoms. The van der Waals surface area contributed by atoms with Crippen molar-refractivity contribution in [2.45, 2.75) is 25.3 Å². The van der Waals surface area contributed by atoms with Crippen LogP contribution in [0.25, 0.3) is 0 Å². The van der Waals surface area contributed by atoms with Crippen LogP contribution in [0.5, 0.6) is 0 Å². The Hall–Kier alpha value is -1.50. The van der Waals surface area contributed by atoms with Crippen LogP contribution in [-0.4, -0.2) is 36.5 Å². The first-order chi connectivity index (χ1) is 6.70. The van der Waals surface area contributed by atoms with Crippen LogP contribution in [0.1, 0.15) is 19.3 Å². The number of ether oxygens (including phenoxy) is 1. The number of rotatable bonds is 1. The van der Waals surface area contributed by atoms with Crippen molar-refractivity contribution < 1.29 is 14.3 Å². The summed E-state index contributed by atoms with van der Waals surface area (Å²) in [6, 6.07) is -0.489. The van der Waals surface area contributed by atoms with Gasteiger partial charge in [0.25, 0.3) is 5.91 Å². The molecule has 1 aliphatic heterocycles. The summed E-state index contributed by atoms with van der Waals surface area (Å²) in [7, 11) is 1.31. The minimum absolute atomic E-state index is 0.381. The first kappa shape index (κ1) is 10.6. The number of likely N-dealkylation sites (tertiary alicyclic amines) is 1. The summed E-state index contributed by atoms with van der Waals surface area (Å²) in [4.78, 5) is 24.0. The first-order valence-electron chi connectivity index (χ1n) is 4.55. The van der Waals surface area contributed by atoms with E-state index in [4.69, 9.17) is 6.42 Å². The van der Waals surface area contributed by atoms with Crippen molar-refractivity contribution in [3.63, 3.8) is 0 Å². The van der Waals surface area contributed by atoms with Crippen LogP contribution in [0, 0.1) is 12.3 Å². The standard InChI is InChI=1S/C10H13NO3/c1-3-9(12)11-7-5-4-6-8(11)10(13)14-2/h1,8H,4-7H2,2H3. The Morgan fingerprint density at radius 3 is 2.79 bits per heavy atom. The Bertz CT molecular complexity index is 280. The zero-order chi connectivity index (χ0) is 10.6. The van der Waals surface area contributed by atoms with Gasteiger partial charge >= 0.3 is 5.97 Å². The third-order valence-corrected chi connectivity index (χ3v) is 2.36. The van der Waals surface area contributed by atoms with E-state index in [-0.39, 0.29) is 5.97 Å². The first-order valence-corrected chi connectivity index (χ1v) is 4.55. The van der Waals surface area contributed by atoms with Gasteiger partial charge in [0.15, 0.2) is 0 Å². The highest BCUT2D eigenvalue weighted by Crippen LogP contribution is 2.17. The van der Waals surface area contributed by atoms with Gasteiger partial charge in [-0.05, 0) is 25.2 Å². The molecule has 0 aliphatic carbocycles. The summed E-state index contributed by atoms with van der Waals surface area (Å²) >= 11 is 0. The Balaban J connectivity index is 2.74. The molecule has 0 saturated carbocycles. The highest BCUT2D eigenvalue weighted by molar-refractivity contribution is 5.95. The summed E-state index contributed by atoms with van der Waals surface area (Å²) in [5.74, 6) is 1.21. The van der Waals surface area contributed by atoms with Gasteiger partial charge in [0.1, 0.15) is 6.04 Å². The maximum atomic E-state index is 11.3. The number of methoxy groups -OCH3 is 1. The van der Waals surface area contributed by atoms with Crippen LogP contribution in [0.2, 0.25) is 0 Å². The smallest absolute Gasteiger partial charge is 0.328 e. The molecule has 1 fully saturated rings. The molecule has 1 amide bonds. The van der Waals surface area contributed by atoms with E-state index < -0.39 is 11.9 Å². The molecule has 1 atom stereocenters. The zero-order valence-corrected chi connectivity index (χ0v) is 8.16. The van der Waals surface area contributed by atoms with Crippen molar-refractivity contribution in [2.75, 3.05) is 13.7 Å². The number of terminal acetylenes is 1. The van der Waals surface area contributed by atoms with Crippen molar-refractivity contribution in [3.05, 3.63) is 0 Å². The topological polar surface area (TPSA) is 46.6 Å². The van der Waals surface area contributed by atoms with Crippen LogP contribution >= 0.6 is 0 Å². The molecule has 76 valence electrons. The van der Waals surface area contributed by atoms with Gasteiger partial charge in [-0.3, -0.25) is 4.79 Å². The number of hydrogen-bond acceptors (Lipinski definition) is 3. The minimum Gasteiger partial charge on any atom is -0.467 e. The van der Waals surface area contributed by atoms with Gasteiger partial charge in [-0.1, -0.05) is 0 Å². The van der Waals surface area contributed by atoms with E-state index in [0.717, 1.165) is 12.8 Å². The maximum Gasteiger partial charge on any atom is 0.328 e. The van der Waals surface area contributed by atoms with Gasteiger partial charge in [0, 0.05) is 6.54 Å². The second-order valence-electron chi connectivity index (χ2n) is 3.18. The fourth-order valence-corrected chi connectivity index (χ4v) is 1.64. The summed E-state index contributed by atoms with van der Waals surface area (Å²) in [5, 5.41) is 0. The summed E-state index contributed by atoms with van der Waals surface area (Å²) in [6.07, 6.45) is 7.47. The maximum absolute atomic E-state index is 11.3. The average molecular weight is 195 g/mol. The van der Waals surface area contributed by atoms with Gasteiger partial charge in [-0.25, -0.2) is 4.79 Å². The van der Waals surface area contributed by atoms with E-state index in [1.54, 1.807) is 0 Å². The number of piperidine rings is 1. The molecule has 1 heterocycles. The molecule has 0 spiro atoms. The van der Waals surface area contributed by atoms with E-state index in [2.05, 4.69) is 4.74 Å². The highest BCUT2D eigenvalue weighted by Gasteiger charge is 2.31. The fourth-order valence-electron chi connectivity index (χ4n) is 1.64. The lowest BCUT2D eigenvalue weighted by Gasteiger charge is -2.32. The predicted molar refractivity (Wildman–Crippen MR) is 50.2 cm³/mol. The van der Waals surface area contributed by atoms with E-state index in [0.29, 0.717) is 13.0 Å². The number of esters is 1.